The van der Waals surface area contributed by atoms with Crippen molar-refractivity contribution in [3.8, 4) is 0 Å². The van der Waals surface area contributed by atoms with Gasteiger partial charge in [0.1, 0.15) is 11.3 Å². The highest BCUT2D eigenvalue weighted by molar-refractivity contribution is 6.17. The summed E-state index contributed by atoms with van der Waals surface area (Å²) in [5, 5.41) is 4.51. The molecule has 3 heterocycles. The maximum Gasteiger partial charge on any atom is 0.158 e. The summed E-state index contributed by atoms with van der Waals surface area (Å²) < 4.78 is 4.30. The Morgan fingerprint density at radius 1 is 1.38 bits per heavy atom. The largest absolute Gasteiger partial charge is 0.311 e. The highest BCUT2D eigenvalue weighted by Gasteiger charge is 2.26. The summed E-state index contributed by atoms with van der Waals surface area (Å²) in [5.41, 5.74) is 3.16. The standard InChI is InChI=1S/C15H24ClN5/c1-4-20-9-5-6-12(20)10-21-13(7-8-16)17-14-11(2)18-19(3)15(14)21/h12H,4-10H2,1-3H3. The summed E-state index contributed by atoms with van der Waals surface area (Å²) in [4.78, 5) is 7.36. The minimum Gasteiger partial charge on any atom is -0.311 e. The van der Waals surface area contributed by atoms with Gasteiger partial charge in [-0.1, -0.05) is 6.92 Å². The molecule has 1 unspecified atom stereocenters. The monoisotopic (exact) mass is 309 g/mol. The molecule has 1 aliphatic heterocycles. The Bertz CT molecular complexity index is 630. The second-order valence-electron chi connectivity index (χ2n) is 5.88. The molecule has 0 aromatic carbocycles. The summed E-state index contributed by atoms with van der Waals surface area (Å²) in [5.74, 6) is 1.71. The van der Waals surface area contributed by atoms with Gasteiger partial charge in [0.15, 0.2) is 5.65 Å². The van der Waals surface area contributed by atoms with Crippen molar-refractivity contribution in [1.82, 2.24) is 24.2 Å². The Balaban J connectivity index is 2.00. The van der Waals surface area contributed by atoms with Crippen LogP contribution in [0.15, 0.2) is 0 Å². The molecule has 6 heteroatoms. The van der Waals surface area contributed by atoms with Gasteiger partial charge in [0.25, 0.3) is 0 Å². The lowest BCUT2D eigenvalue weighted by Gasteiger charge is -2.24. The summed E-state index contributed by atoms with van der Waals surface area (Å²) in [6.45, 7) is 7.61. The van der Waals surface area contributed by atoms with E-state index in [0.717, 1.165) is 42.2 Å². The van der Waals surface area contributed by atoms with Gasteiger partial charge >= 0.3 is 0 Å². The van der Waals surface area contributed by atoms with E-state index in [-0.39, 0.29) is 0 Å². The third-order valence-electron chi connectivity index (χ3n) is 4.59. The predicted molar refractivity (Wildman–Crippen MR) is 85.9 cm³/mol. The molecule has 1 saturated heterocycles. The van der Waals surface area contributed by atoms with E-state index >= 15 is 0 Å². The Morgan fingerprint density at radius 3 is 2.90 bits per heavy atom. The van der Waals surface area contributed by atoms with E-state index in [1.54, 1.807) is 0 Å². The fraction of sp³-hybridized carbons (Fsp3) is 0.733. The van der Waals surface area contributed by atoms with E-state index in [1.807, 2.05) is 18.7 Å². The molecule has 2 aromatic heterocycles. The van der Waals surface area contributed by atoms with E-state index in [4.69, 9.17) is 16.6 Å². The maximum atomic E-state index is 5.97. The Kier molecular flexibility index (Phi) is 4.22. The SMILES string of the molecule is CCN1CCCC1Cn1c(CCCl)nc2c(C)nn(C)c21. The molecule has 1 fully saturated rings. The lowest BCUT2D eigenvalue weighted by molar-refractivity contribution is 0.244. The van der Waals surface area contributed by atoms with Gasteiger partial charge in [-0.25, -0.2) is 4.98 Å². The van der Waals surface area contributed by atoms with Gasteiger partial charge in [-0.3, -0.25) is 9.58 Å². The average molecular weight is 310 g/mol. The number of aromatic nitrogens is 4. The van der Waals surface area contributed by atoms with Crippen LogP contribution < -0.4 is 0 Å². The number of aryl methyl sites for hydroxylation is 3. The normalized spacial score (nSPS) is 19.9. The number of likely N-dealkylation sites (tertiary alicyclic amines) is 1. The summed E-state index contributed by atoms with van der Waals surface area (Å²) in [7, 11) is 2.00. The number of fused-ring (bicyclic) bond motifs is 1. The maximum absolute atomic E-state index is 5.97. The number of rotatable bonds is 5. The van der Waals surface area contributed by atoms with Crippen LogP contribution in [-0.4, -0.2) is 49.2 Å². The molecule has 0 aliphatic carbocycles. The number of likely N-dealkylation sites (N-methyl/N-ethyl adjacent to an activating group) is 1. The van der Waals surface area contributed by atoms with Crippen LogP contribution in [0.1, 0.15) is 31.3 Å². The van der Waals surface area contributed by atoms with Gasteiger partial charge < -0.3 is 4.57 Å². The van der Waals surface area contributed by atoms with Gasteiger partial charge in [0, 0.05) is 31.9 Å². The molecule has 3 rings (SSSR count). The van der Waals surface area contributed by atoms with Crippen LogP contribution in [0.5, 0.6) is 0 Å². The molecule has 0 radical (unpaired) electrons. The molecule has 1 atom stereocenters. The first-order valence-corrected chi connectivity index (χ1v) is 8.37. The fourth-order valence-corrected chi connectivity index (χ4v) is 3.75. The summed E-state index contributed by atoms with van der Waals surface area (Å²) in [6.07, 6.45) is 3.38. The second kappa shape index (κ2) is 5.97. The van der Waals surface area contributed by atoms with Crippen molar-refractivity contribution in [3.05, 3.63) is 11.5 Å². The van der Waals surface area contributed by atoms with E-state index in [9.17, 15) is 0 Å². The first-order chi connectivity index (χ1) is 10.2. The van der Waals surface area contributed by atoms with Crippen LogP contribution in [0.2, 0.25) is 0 Å². The molecule has 116 valence electrons. The van der Waals surface area contributed by atoms with E-state index in [1.165, 1.54) is 19.4 Å². The predicted octanol–water partition coefficient (Wildman–Crippen LogP) is 2.34. The number of alkyl halides is 1. The van der Waals surface area contributed by atoms with Crippen LogP contribution in [0.25, 0.3) is 11.2 Å². The number of imidazole rings is 1. The lowest BCUT2D eigenvalue weighted by atomic mass is 10.2. The molecular weight excluding hydrogens is 286 g/mol. The van der Waals surface area contributed by atoms with Crippen molar-refractivity contribution in [3.63, 3.8) is 0 Å². The second-order valence-corrected chi connectivity index (χ2v) is 6.26. The molecule has 5 nitrogen and oxygen atoms in total. The quantitative estimate of drug-likeness (QED) is 0.796. The van der Waals surface area contributed by atoms with Crippen molar-refractivity contribution >= 4 is 22.8 Å². The van der Waals surface area contributed by atoms with Crippen LogP contribution in [0, 0.1) is 6.92 Å². The highest BCUT2D eigenvalue weighted by atomic mass is 35.5. The van der Waals surface area contributed by atoms with Gasteiger partial charge in [-0.05, 0) is 32.9 Å². The molecule has 0 bridgehead atoms. The third-order valence-corrected chi connectivity index (χ3v) is 4.77. The number of halogens is 1. The zero-order chi connectivity index (χ0) is 15.0. The highest BCUT2D eigenvalue weighted by Crippen LogP contribution is 2.24. The van der Waals surface area contributed by atoms with Crippen molar-refractivity contribution in [1.29, 1.82) is 0 Å². The van der Waals surface area contributed by atoms with Crippen molar-refractivity contribution < 1.29 is 0 Å². The zero-order valence-electron chi connectivity index (χ0n) is 13.1. The first kappa shape index (κ1) is 14.9. The Hall–Kier alpha value is -1.07. The van der Waals surface area contributed by atoms with E-state index in [2.05, 4.69) is 21.5 Å². The number of nitrogens with zero attached hydrogens (tertiary/aromatic N) is 5. The van der Waals surface area contributed by atoms with Gasteiger partial charge in [-0.15, -0.1) is 11.6 Å². The van der Waals surface area contributed by atoms with Gasteiger partial charge in [0.05, 0.1) is 5.69 Å². The lowest BCUT2D eigenvalue weighted by Crippen LogP contribution is -2.33. The van der Waals surface area contributed by atoms with Crippen molar-refractivity contribution in [2.45, 2.75) is 45.7 Å². The fourth-order valence-electron chi connectivity index (χ4n) is 3.58. The van der Waals surface area contributed by atoms with Crippen LogP contribution in [0.4, 0.5) is 0 Å². The molecule has 21 heavy (non-hydrogen) atoms. The molecule has 0 spiro atoms. The van der Waals surface area contributed by atoms with Crippen molar-refractivity contribution in [2.75, 3.05) is 19.0 Å². The summed E-state index contributed by atoms with van der Waals surface area (Å²) >= 11 is 5.97. The molecule has 2 aromatic rings. The smallest absolute Gasteiger partial charge is 0.158 e. The minimum atomic E-state index is 0.608. The third kappa shape index (κ3) is 2.57. The Morgan fingerprint density at radius 2 is 2.19 bits per heavy atom. The first-order valence-electron chi connectivity index (χ1n) is 7.84. The molecule has 0 N–H and O–H groups in total. The number of hydrogen-bond acceptors (Lipinski definition) is 3. The molecular formula is C15H24ClN5. The minimum absolute atomic E-state index is 0.608. The van der Waals surface area contributed by atoms with Gasteiger partial charge in [0.2, 0.25) is 0 Å². The van der Waals surface area contributed by atoms with Crippen LogP contribution in [0.3, 0.4) is 0 Å². The number of hydrogen-bond donors (Lipinski definition) is 0. The zero-order valence-corrected chi connectivity index (χ0v) is 13.9. The van der Waals surface area contributed by atoms with Crippen LogP contribution >= 0.6 is 11.6 Å². The van der Waals surface area contributed by atoms with Crippen LogP contribution in [-0.2, 0) is 20.0 Å². The van der Waals surface area contributed by atoms with E-state index in [0.29, 0.717) is 11.9 Å². The van der Waals surface area contributed by atoms with Gasteiger partial charge in [-0.2, -0.15) is 5.10 Å². The van der Waals surface area contributed by atoms with Crippen molar-refractivity contribution in [2.24, 2.45) is 7.05 Å². The molecule has 1 aliphatic rings. The van der Waals surface area contributed by atoms with E-state index < -0.39 is 0 Å². The molecule has 0 amide bonds. The Labute approximate surface area is 130 Å². The summed E-state index contributed by atoms with van der Waals surface area (Å²) in [6, 6.07) is 0.608. The molecule has 0 saturated carbocycles. The average Bonchev–Trinajstić information content (AvgIpc) is 3.11. The topological polar surface area (TPSA) is 38.9 Å².